The number of rotatable bonds is 3. The number of carbonyl (C=O) groups is 1. The van der Waals surface area contributed by atoms with Crippen molar-refractivity contribution in [2.75, 3.05) is 37.9 Å². The van der Waals surface area contributed by atoms with Crippen LogP contribution in [0.3, 0.4) is 0 Å². The van der Waals surface area contributed by atoms with E-state index in [1.165, 1.54) is 0 Å². The van der Waals surface area contributed by atoms with Crippen molar-refractivity contribution in [3.8, 4) is 22.8 Å². The SMILES string of the molecule is O=C(c1ccc2c(c1)OCO2)N1CCCN(c2cc(-c3ccc(Cl)cc3)[nH]n2)CC1. The molecule has 0 aliphatic carbocycles. The van der Waals surface area contributed by atoms with Crippen LogP contribution in [0.1, 0.15) is 16.8 Å². The predicted octanol–water partition coefficient (Wildman–Crippen LogP) is 3.81. The molecule has 1 amide bonds. The van der Waals surface area contributed by atoms with E-state index in [1.54, 1.807) is 18.2 Å². The molecule has 3 aromatic rings. The molecule has 1 fully saturated rings. The molecule has 0 radical (unpaired) electrons. The highest BCUT2D eigenvalue weighted by molar-refractivity contribution is 6.30. The first-order valence-corrected chi connectivity index (χ1v) is 10.3. The molecule has 0 unspecified atom stereocenters. The topological polar surface area (TPSA) is 70.7 Å². The van der Waals surface area contributed by atoms with Gasteiger partial charge in [-0.1, -0.05) is 23.7 Å². The van der Waals surface area contributed by atoms with E-state index in [1.807, 2.05) is 35.2 Å². The summed E-state index contributed by atoms with van der Waals surface area (Å²) >= 11 is 5.98. The summed E-state index contributed by atoms with van der Waals surface area (Å²) in [5.74, 6) is 2.21. The molecule has 8 heteroatoms. The summed E-state index contributed by atoms with van der Waals surface area (Å²) in [7, 11) is 0. The lowest BCUT2D eigenvalue weighted by Crippen LogP contribution is -2.35. The number of fused-ring (bicyclic) bond motifs is 1. The Morgan fingerprint density at radius 3 is 2.67 bits per heavy atom. The molecule has 3 heterocycles. The number of carbonyl (C=O) groups excluding carboxylic acids is 1. The molecule has 2 aliphatic rings. The summed E-state index contributed by atoms with van der Waals surface area (Å²) < 4.78 is 10.7. The van der Waals surface area contributed by atoms with Gasteiger partial charge in [-0.2, -0.15) is 5.10 Å². The minimum absolute atomic E-state index is 0.0130. The van der Waals surface area contributed by atoms with E-state index >= 15 is 0 Å². The van der Waals surface area contributed by atoms with Crippen molar-refractivity contribution in [2.24, 2.45) is 0 Å². The molecule has 0 spiro atoms. The molecule has 0 bridgehead atoms. The Kier molecular flexibility index (Phi) is 4.96. The quantitative estimate of drug-likeness (QED) is 0.692. The molecule has 1 aromatic heterocycles. The number of aromatic nitrogens is 2. The van der Waals surface area contributed by atoms with E-state index in [0.29, 0.717) is 35.2 Å². The number of aromatic amines is 1. The van der Waals surface area contributed by atoms with E-state index in [2.05, 4.69) is 15.1 Å². The molecule has 30 heavy (non-hydrogen) atoms. The third-order valence-electron chi connectivity index (χ3n) is 5.45. The highest BCUT2D eigenvalue weighted by Crippen LogP contribution is 2.33. The molecule has 2 aromatic carbocycles. The number of amides is 1. The number of halogens is 1. The summed E-state index contributed by atoms with van der Waals surface area (Å²) in [4.78, 5) is 17.1. The molecule has 5 rings (SSSR count). The standard InChI is InChI=1S/C22H21ClN4O3/c23-17-5-2-15(3-6-17)18-13-21(25-24-18)26-8-1-9-27(11-10-26)22(28)16-4-7-19-20(12-16)30-14-29-19/h2-7,12-13H,1,8-11,14H2,(H,24,25). The van der Waals surface area contributed by atoms with Crippen LogP contribution < -0.4 is 14.4 Å². The third-order valence-corrected chi connectivity index (χ3v) is 5.70. The predicted molar refractivity (Wildman–Crippen MR) is 114 cm³/mol. The smallest absolute Gasteiger partial charge is 0.254 e. The van der Waals surface area contributed by atoms with Gasteiger partial charge in [-0.05, 0) is 42.3 Å². The van der Waals surface area contributed by atoms with Crippen molar-refractivity contribution < 1.29 is 14.3 Å². The maximum Gasteiger partial charge on any atom is 0.254 e. The molecule has 1 N–H and O–H groups in total. The summed E-state index contributed by atoms with van der Waals surface area (Å²) in [5.41, 5.74) is 2.60. The number of H-pyrrole nitrogens is 1. The van der Waals surface area contributed by atoms with Crippen LogP contribution in [0.4, 0.5) is 5.82 Å². The number of anilines is 1. The Bertz CT molecular complexity index is 1070. The zero-order valence-corrected chi connectivity index (χ0v) is 17.1. The number of nitrogens with zero attached hydrogens (tertiary/aromatic N) is 3. The maximum absolute atomic E-state index is 13.0. The highest BCUT2D eigenvalue weighted by atomic mass is 35.5. The van der Waals surface area contributed by atoms with Crippen molar-refractivity contribution in [1.82, 2.24) is 15.1 Å². The molecule has 2 aliphatic heterocycles. The second-order valence-corrected chi connectivity index (χ2v) is 7.78. The van der Waals surface area contributed by atoms with E-state index < -0.39 is 0 Å². The maximum atomic E-state index is 13.0. The zero-order chi connectivity index (χ0) is 20.5. The van der Waals surface area contributed by atoms with Gasteiger partial charge in [0.25, 0.3) is 5.91 Å². The van der Waals surface area contributed by atoms with Crippen molar-refractivity contribution in [1.29, 1.82) is 0 Å². The second kappa shape index (κ2) is 7.91. The van der Waals surface area contributed by atoms with E-state index in [0.717, 1.165) is 36.6 Å². The van der Waals surface area contributed by atoms with Gasteiger partial charge >= 0.3 is 0 Å². The van der Waals surface area contributed by atoms with Crippen LogP contribution in [0.2, 0.25) is 5.02 Å². The Morgan fingerprint density at radius 2 is 1.80 bits per heavy atom. The van der Waals surface area contributed by atoms with E-state index in [9.17, 15) is 4.79 Å². The van der Waals surface area contributed by atoms with Crippen LogP contribution in [0.15, 0.2) is 48.5 Å². The van der Waals surface area contributed by atoms with Crippen molar-refractivity contribution >= 4 is 23.3 Å². The lowest BCUT2D eigenvalue weighted by molar-refractivity contribution is 0.0766. The van der Waals surface area contributed by atoms with Crippen LogP contribution in [0.5, 0.6) is 11.5 Å². The van der Waals surface area contributed by atoms with Gasteiger partial charge in [-0.25, -0.2) is 0 Å². The summed E-state index contributed by atoms with van der Waals surface area (Å²) in [6.07, 6.45) is 0.874. The normalized spacial score (nSPS) is 15.9. The molecule has 1 saturated heterocycles. The van der Waals surface area contributed by atoms with Gasteiger partial charge in [-0.3, -0.25) is 9.89 Å². The van der Waals surface area contributed by atoms with Gasteiger partial charge in [-0.15, -0.1) is 0 Å². The molecular weight excluding hydrogens is 404 g/mol. The van der Waals surface area contributed by atoms with Gasteiger partial charge in [0.15, 0.2) is 17.3 Å². The minimum atomic E-state index is 0.0130. The first kappa shape index (κ1) is 18.8. The Balaban J connectivity index is 1.26. The first-order chi connectivity index (χ1) is 14.7. The van der Waals surface area contributed by atoms with Gasteiger partial charge in [0.2, 0.25) is 6.79 Å². The zero-order valence-electron chi connectivity index (χ0n) is 16.3. The molecule has 0 saturated carbocycles. The van der Waals surface area contributed by atoms with Crippen molar-refractivity contribution in [3.63, 3.8) is 0 Å². The summed E-state index contributed by atoms with van der Waals surface area (Å²) in [5, 5.41) is 8.29. The van der Waals surface area contributed by atoms with Gasteiger partial charge in [0.1, 0.15) is 0 Å². The summed E-state index contributed by atoms with van der Waals surface area (Å²) in [6, 6.07) is 15.1. The van der Waals surface area contributed by atoms with Crippen molar-refractivity contribution in [3.05, 3.63) is 59.1 Å². The van der Waals surface area contributed by atoms with Crippen LogP contribution in [0.25, 0.3) is 11.3 Å². The molecule has 0 atom stereocenters. The van der Waals surface area contributed by atoms with E-state index in [-0.39, 0.29) is 12.7 Å². The number of hydrogen-bond acceptors (Lipinski definition) is 5. The van der Waals surface area contributed by atoms with Gasteiger partial charge < -0.3 is 19.3 Å². The number of hydrogen-bond donors (Lipinski definition) is 1. The first-order valence-electron chi connectivity index (χ1n) is 9.92. The highest BCUT2D eigenvalue weighted by Gasteiger charge is 2.23. The number of ether oxygens (including phenoxy) is 2. The Hall–Kier alpha value is -3.19. The van der Waals surface area contributed by atoms with Gasteiger partial charge in [0.05, 0.1) is 5.69 Å². The van der Waals surface area contributed by atoms with Crippen molar-refractivity contribution in [2.45, 2.75) is 6.42 Å². The number of benzene rings is 2. The fraction of sp³-hybridized carbons (Fsp3) is 0.273. The molecule has 154 valence electrons. The van der Waals surface area contributed by atoms with Crippen LogP contribution >= 0.6 is 11.6 Å². The average Bonchev–Trinajstić information content (AvgIpc) is 3.38. The number of nitrogens with one attached hydrogen (secondary N) is 1. The molecule has 7 nitrogen and oxygen atoms in total. The van der Waals surface area contributed by atoms with Crippen LogP contribution in [-0.2, 0) is 0 Å². The lowest BCUT2D eigenvalue weighted by atomic mass is 10.1. The third kappa shape index (κ3) is 3.68. The Labute approximate surface area is 179 Å². The summed E-state index contributed by atoms with van der Waals surface area (Å²) in [6.45, 7) is 3.11. The van der Waals surface area contributed by atoms with Crippen LogP contribution in [0, 0.1) is 0 Å². The fourth-order valence-corrected chi connectivity index (χ4v) is 3.94. The second-order valence-electron chi connectivity index (χ2n) is 7.35. The average molecular weight is 425 g/mol. The van der Waals surface area contributed by atoms with Gasteiger partial charge in [0, 0.05) is 42.8 Å². The lowest BCUT2D eigenvalue weighted by Gasteiger charge is -2.22. The molecular formula is C22H21ClN4O3. The minimum Gasteiger partial charge on any atom is -0.454 e. The van der Waals surface area contributed by atoms with E-state index in [4.69, 9.17) is 21.1 Å². The Morgan fingerprint density at radius 1 is 0.967 bits per heavy atom. The monoisotopic (exact) mass is 424 g/mol. The largest absolute Gasteiger partial charge is 0.454 e. The fourth-order valence-electron chi connectivity index (χ4n) is 3.81. The van der Waals surface area contributed by atoms with Crippen LogP contribution in [-0.4, -0.2) is 54.0 Å².